The summed E-state index contributed by atoms with van der Waals surface area (Å²) < 4.78 is 36.5. The van der Waals surface area contributed by atoms with Gasteiger partial charge >= 0.3 is 5.97 Å². The van der Waals surface area contributed by atoms with E-state index in [1.54, 1.807) is 12.1 Å². The number of carbonyl (C=O) groups is 1. The molecule has 0 saturated carbocycles. The first-order chi connectivity index (χ1) is 23.2. The Morgan fingerprint density at radius 2 is 1.54 bits per heavy atom. The van der Waals surface area contributed by atoms with E-state index in [2.05, 4.69) is 10.3 Å². The highest BCUT2D eigenvalue weighted by atomic mass is 32.2. The van der Waals surface area contributed by atoms with E-state index >= 15 is 0 Å². The first-order valence-electron chi connectivity index (χ1n) is 16.0. The van der Waals surface area contributed by atoms with Gasteiger partial charge in [-0.3, -0.25) is 4.79 Å². The van der Waals surface area contributed by atoms with Crippen LogP contribution in [0.2, 0.25) is 0 Å². The first kappa shape index (κ1) is 31.4. The molecular formula is C39H36N3O5S+. The fourth-order valence-corrected chi connectivity index (χ4v) is 8.12. The van der Waals surface area contributed by atoms with Crippen LogP contribution >= 0.6 is 0 Å². The minimum absolute atomic E-state index is 0.154. The Balaban J connectivity index is 1.42. The SMILES string of the molecule is Cc1ccccc1Nc1ccc2c(-c3ccccc3S(=O)(=O)N3CCC(C(=O)O)CC3)c3ccc(=[NH+]c4ccccc4C)cc-3oc2c1. The average molecular weight is 659 g/mol. The van der Waals surface area contributed by atoms with Crippen molar-refractivity contribution in [1.29, 1.82) is 0 Å². The number of piperidine rings is 1. The number of anilines is 2. The van der Waals surface area contributed by atoms with Crippen molar-refractivity contribution in [2.45, 2.75) is 31.6 Å². The average Bonchev–Trinajstić information content (AvgIpc) is 3.09. The molecule has 0 bridgehead atoms. The van der Waals surface area contributed by atoms with E-state index in [0.717, 1.165) is 50.1 Å². The maximum atomic E-state index is 14.2. The molecule has 3 N–H and O–H groups in total. The number of nitrogens with zero attached hydrogens (tertiary/aromatic N) is 1. The number of carboxylic acids is 1. The molecule has 9 heteroatoms. The van der Waals surface area contributed by atoms with Crippen LogP contribution < -0.4 is 15.7 Å². The number of nitrogens with one attached hydrogen (secondary N) is 2. The lowest BCUT2D eigenvalue weighted by atomic mass is 9.93. The number of fused-ring (bicyclic) bond motifs is 2. The fourth-order valence-electron chi connectivity index (χ4n) is 6.45. The van der Waals surface area contributed by atoms with Gasteiger partial charge in [-0.05, 0) is 62.6 Å². The van der Waals surface area contributed by atoms with Gasteiger partial charge in [0.2, 0.25) is 21.1 Å². The Morgan fingerprint density at radius 3 is 2.29 bits per heavy atom. The van der Waals surface area contributed by atoms with Crippen molar-refractivity contribution >= 4 is 44.0 Å². The lowest BCUT2D eigenvalue weighted by Gasteiger charge is -2.30. The van der Waals surface area contributed by atoms with Crippen molar-refractivity contribution < 1.29 is 27.7 Å². The van der Waals surface area contributed by atoms with Crippen LogP contribution in [0.25, 0.3) is 33.4 Å². The Bertz CT molecular complexity index is 2320. The number of hydrogen-bond acceptors (Lipinski definition) is 5. The Kier molecular flexibility index (Phi) is 8.33. The van der Waals surface area contributed by atoms with Gasteiger partial charge in [-0.25, -0.2) is 13.4 Å². The van der Waals surface area contributed by atoms with Crippen LogP contribution in [0.3, 0.4) is 0 Å². The van der Waals surface area contributed by atoms with Crippen molar-refractivity contribution in [3.63, 3.8) is 0 Å². The van der Waals surface area contributed by atoms with E-state index in [1.165, 1.54) is 4.31 Å². The second-order valence-electron chi connectivity index (χ2n) is 12.3. The molecule has 242 valence electrons. The predicted molar refractivity (Wildman–Crippen MR) is 187 cm³/mol. The van der Waals surface area contributed by atoms with E-state index in [1.807, 2.05) is 111 Å². The second kappa shape index (κ2) is 12.7. The quantitative estimate of drug-likeness (QED) is 0.172. The molecule has 0 amide bonds. The minimum Gasteiger partial charge on any atom is -0.481 e. The van der Waals surface area contributed by atoms with E-state index < -0.39 is 21.9 Å². The maximum absolute atomic E-state index is 14.2. The molecule has 0 atom stereocenters. The first-order valence-corrected chi connectivity index (χ1v) is 17.4. The van der Waals surface area contributed by atoms with Gasteiger partial charge in [0, 0.05) is 70.3 Å². The summed E-state index contributed by atoms with van der Waals surface area (Å²) in [5.74, 6) is -0.829. The van der Waals surface area contributed by atoms with Crippen LogP contribution in [0, 0.1) is 19.8 Å². The fraction of sp³-hybridized carbons (Fsp3) is 0.179. The van der Waals surface area contributed by atoms with Crippen LogP contribution in [-0.2, 0) is 14.8 Å². The summed E-state index contributed by atoms with van der Waals surface area (Å²) in [7, 11) is -3.95. The van der Waals surface area contributed by atoms with Gasteiger partial charge in [0.05, 0.1) is 16.9 Å². The summed E-state index contributed by atoms with van der Waals surface area (Å²) in [6.45, 7) is 4.40. The molecule has 4 aromatic rings. The molecule has 1 aliphatic carbocycles. The highest BCUT2D eigenvalue weighted by Gasteiger charge is 2.34. The van der Waals surface area contributed by atoms with Gasteiger partial charge in [-0.2, -0.15) is 4.31 Å². The van der Waals surface area contributed by atoms with E-state index in [0.29, 0.717) is 16.9 Å². The molecule has 7 rings (SSSR count). The third-order valence-corrected chi connectivity index (χ3v) is 11.1. The lowest BCUT2D eigenvalue weighted by molar-refractivity contribution is -0.403. The molecule has 1 fully saturated rings. The summed E-state index contributed by atoms with van der Waals surface area (Å²) >= 11 is 0. The molecule has 3 aliphatic rings. The molecule has 2 heterocycles. The zero-order valence-corrected chi connectivity index (χ0v) is 27.6. The van der Waals surface area contributed by atoms with Crippen LogP contribution in [0.15, 0.2) is 119 Å². The largest absolute Gasteiger partial charge is 0.481 e. The topological polar surface area (TPSA) is 114 Å². The zero-order valence-electron chi connectivity index (χ0n) is 26.7. The normalized spacial score (nSPS) is 14.8. The van der Waals surface area contributed by atoms with Crippen LogP contribution in [-0.4, -0.2) is 36.9 Å². The number of benzene rings is 5. The van der Waals surface area contributed by atoms with Gasteiger partial charge in [-0.1, -0.05) is 54.6 Å². The molecule has 0 spiro atoms. The number of sulfonamides is 1. The Hall–Kier alpha value is -5.25. The van der Waals surface area contributed by atoms with Crippen LogP contribution in [0.5, 0.6) is 0 Å². The number of rotatable bonds is 7. The van der Waals surface area contributed by atoms with E-state index in [9.17, 15) is 18.3 Å². The molecule has 2 aliphatic heterocycles. The molecule has 0 aromatic heterocycles. The second-order valence-corrected chi connectivity index (χ2v) is 14.2. The number of hydrogen-bond donors (Lipinski definition) is 3. The standard InChI is InChI=1S/C39H35N3O5S/c1-25-9-3-6-12-33(25)40-28-15-17-30-35(23-28)47-36-24-29(41-34-13-7-4-10-26(34)2)16-18-31(36)38(30)32-11-5-8-14-37(32)48(45,46)42-21-19-27(20-22-42)39(43)44/h3-18,23-24,27,40H,19-22H2,1-2H3,(H,43,44)/p+1. The van der Waals surface area contributed by atoms with Gasteiger partial charge in [-0.15, -0.1) is 0 Å². The highest BCUT2D eigenvalue weighted by molar-refractivity contribution is 7.89. The number of aliphatic carboxylic acids is 1. The third-order valence-electron chi connectivity index (χ3n) is 9.15. The van der Waals surface area contributed by atoms with Crippen LogP contribution in [0.1, 0.15) is 24.0 Å². The van der Waals surface area contributed by atoms with E-state index in [-0.39, 0.29) is 30.8 Å². The monoisotopic (exact) mass is 658 g/mol. The lowest BCUT2D eigenvalue weighted by Crippen LogP contribution is -2.70. The predicted octanol–water partition coefficient (Wildman–Crippen LogP) is 6.36. The smallest absolute Gasteiger partial charge is 0.306 e. The summed E-state index contributed by atoms with van der Waals surface area (Å²) in [5, 5.41) is 14.6. The maximum Gasteiger partial charge on any atom is 0.306 e. The molecule has 1 saturated heterocycles. The number of para-hydroxylation sites is 2. The summed E-state index contributed by atoms with van der Waals surface area (Å²) in [5.41, 5.74) is 7.67. The van der Waals surface area contributed by atoms with Crippen molar-refractivity contribution in [3.8, 4) is 22.5 Å². The van der Waals surface area contributed by atoms with Gasteiger partial charge < -0.3 is 14.8 Å². The van der Waals surface area contributed by atoms with Gasteiger partial charge in [0.25, 0.3) is 0 Å². The van der Waals surface area contributed by atoms with Crippen molar-refractivity contribution in [3.05, 3.63) is 126 Å². The third kappa shape index (κ3) is 5.98. The Labute approximate surface area is 279 Å². The molecule has 48 heavy (non-hydrogen) atoms. The zero-order chi connectivity index (χ0) is 33.4. The van der Waals surface area contributed by atoms with Gasteiger partial charge in [0.1, 0.15) is 11.3 Å². The van der Waals surface area contributed by atoms with Crippen molar-refractivity contribution in [2.75, 3.05) is 18.4 Å². The summed E-state index contributed by atoms with van der Waals surface area (Å²) in [6, 6.07) is 34.9. The van der Waals surface area contributed by atoms with Gasteiger partial charge in [0.15, 0.2) is 0 Å². The molecule has 4 aromatic carbocycles. The van der Waals surface area contributed by atoms with E-state index in [4.69, 9.17) is 4.42 Å². The van der Waals surface area contributed by atoms with Crippen LogP contribution in [0.4, 0.5) is 17.1 Å². The molecule has 0 unspecified atom stereocenters. The molecule has 0 radical (unpaired) electrons. The minimum atomic E-state index is -3.95. The van der Waals surface area contributed by atoms with Crippen molar-refractivity contribution in [1.82, 2.24) is 4.31 Å². The number of carboxylic acid groups (broad SMARTS) is 1. The highest BCUT2D eigenvalue weighted by Crippen LogP contribution is 2.43. The van der Waals surface area contributed by atoms with Crippen molar-refractivity contribution in [2.24, 2.45) is 5.92 Å². The number of aryl methyl sites for hydroxylation is 2. The molecular weight excluding hydrogens is 623 g/mol. The molecule has 8 nitrogen and oxygen atoms in total. The summed E-state index contributed by atoms with van der Waals surface area (Å²) in [4.78, 5) is 15.2. The summed E-state index contributed by atoms with van der Waals surface area (Å²) in [6.07, 6.45) is 0.556. The Morgan fingerprint density at radius 1 is 0.833 bits per heavy atom.